The third kappa shape index (κ3) is 2.79. The van der Waals surface area contributed by atoms with Crippen LogP contribution in [-0.4, -0.2) is 30.2 Å². The molecule has 0 spiro atoms. The lowest BCUT2D eigenvalue weighted by atomic mass is 9.97. The molecule has 0 fully saturated rings. The second-order valence-electron chi connectivity index (χ2n) is 4.12. The molecule has 0 atom stereocenters. The molecule has 1 heterocycles. The summed E-state index contributed by atoms with van der Waals surface area (Å²) in [6.07, 6.45) is 1.36. The average molecular weight is 243 g/mol. The Morgan fingerprint density at radius 2 is 2.06 bits per heavy atom. The average Bonchev–Trinajstić information content (AvgIpc) is 2.17. The molecule has 0 aliphatic carbocycles. The molecule has 0 bridgehead atoms. The lowest BCUT2D eigenvalue weighted by Crippen LogP contribution is -2.32. The number of carboxylic acid groups (broad SMARTS) is 1. The maximum Gasteiger partial charge on any atom is 0.310 e. The lowest BCUT2D eigenvalue weighted by Gasteiger charge is -2.18. The van der Waals surface area contributed by atoms with Gasteiger partial charge in [-0.25, -0.2) is 13.4 Å². The predicted octanol–water partition coefficient (Wildman–Crippen LogP) is 0.966. The van der Waals surface area contributed by atoms with Gasteiger partial charge in [-0.05, 0) is 26.0 Å². The minimum Gasteiger partial charge on any atom is -0.481 e. The first-order valence-electron chi connectivity index (χ1n) is 4.63. The van der Waals surface area contributed by atoms with Gasteiger partial charge in [-0.2, -0.15) is 0 Å². The van der Waals surface area contributed by atoms with Crippen LogP contribution < -0.4 is 0 Å². The molecule has 0 aromatic carbocycles. The molecular formula is C10H13NO4S. The summed E-state index contributed by atoms with van der Waals surface area (Å²) in [4.78, 5) is 14.6. The van der Waals surface area contributed by atoms with Gasteiger partial charge in [0.05, 0.1) is 11.2 Å². The zero-order chi connectivity index (χ0) is 12.4. The number of pyridine rings is 1. The Labute approximate surface area is 94.1 Å². The fraction of sp³-hybridized carbons (Fsp3) is 0.400. The van der Waals surface area contributed by atoms with Crippen molar-refractivity contribution >= 4 is 15.8 Å². The Kier molecular flexibility index (Phi) is 3.32. The van der Waals surface area contributed by atoms with E-state index in [0.29, 0.717) is 0 Å². The monoisotopic (exact) mass is 243 g/mol. The second-order valence-corrected chi connectivity index (χ2v) is 6.05. The number of carbonyl (C=O) groups is 1. The molecule has 5 nitrogen and oxygen atoms in total. The van der Waals surface area contributed by atoms with Crippen molar-refractivity contribution in [3.63, 3.8) is 0 Å². The van der Waals surface area contributed by atoms with E-state index in [1.165, 1.54) is 26.1 Å². The smallest absolute Gasteiger partial charge is 0.310 e. The van der Waals surface area contributed by atoms with Gasteiger partial charge >= 0.3 is 5.97 Å². The summed E-state index contributed by atoms with van der Waals surface area (Å²) in [5.41, 5.74) is -1.32. The van der Waals surface area contributed by atoms with E-state index >= 15 is 0 Å². The third-order valence-corrected chi connectivity index (χ3v) is 4.07. The van der Waals surface area contributed by atoms with E-state index in [0.717, 1.165) is 0 Å². The van der Waals surface area contributed by atoms with Crippen molar-refractivity contribution in [3.05, 3.63) is 24.4 Å². The fourth-order valence-corrected chi connectivity index (χ4v) is 2.87. The van der Waals surface area contributed by atoms with E-state index in [1.807, 2.05) is 0 Å². The standard InChI is InChI=1S/C10H13NO4S/c1-10(2,9(12)13)7-16(14,15)8-5-3-4-6-11-8/h3-6H,7H2,1-2H3,(H,12,13). The minimum absolute atomic E-state index is 0.0932. The van der Waals surface area contributed by atoms with E-state index in [2.05, 4.69) is 4.98 Å². The van der Waals surface area contributed by atoms with Gasteiger partial charge in [-0.1, -0.05) is 6.07 Å². The van der Waals surface area contributed by atoms with Crippen LogP contribution in [0, 0.1) is 5.41 Å². The van der Waals surface area contributed by atoms with Crippen LogP contribution in [0.3, 0.4) is 0 Å². The van der Waals surface area contributed by atoms with Gasteiger partial charge in [0.1, 0.15) is 0 Å². The molecule has 1 aromatic heterocycles. The molecule has 6 heteroatoms. The summed E-state index contributed by atoms with van der Waals surface area (Å²) >= 11 is 0. The molecule has 0 radical (unpaired) electrons. The topological polar surface area (TPSA) is 84.3 Å². The molecule has 1 rings (SSSR count). The first kappa shape index (κ1) is 12.6. The van der Waals surface area contributed by atoms with Crippen molar-refractivity contribution in [1.29, 1.82) is 0 Å². The maximum absolute atomic E-state index is 11.8. The number of aliphatic carboxylic acids is 1. The number of rotatable bonds is 4. The number of sulfone groups is 1. The summed E-state index contributed by atoms with van der Waals surface area (Å²) in [5.74, 6) is -1.61. The highest BCUT2D eigenvalue weighted by Crippen LogP contribution is 2.21. The van der Waals surface area contributed by atoms with Gasteiger partial charge in [-0.3, -0.25) is 4.79 Å². The van der Waals surface area contributed by atoms with Crippen molar-refractivity contribution in [2.75, 3.05) is 5.75 Å². The van der Waals surface area contributed by atoms with Gasteiger partial charge in [0.15, 0.2) is 14.9 Å². The summed E-state index contributed by atoms with van der Waals surface area (Å²) in [7, 11) is -3.65. The fourth-order valence-electron chi connectivity index (χ4n) is 1.14. The number of carboxylic acids is 1. The largest absolute Gasteiger partial charge is 0.481 e. The second kappa shape index (κ2) is 4.21. The SMILES string of the molecule is CC(C)(CS(=O)(=O)c1ccccn1)C(=O)O. The number of aromatic nitrogens is 1. The summed E-state index contributed by atoms with van der Waals surface area (Å²) in [6, 6.07) is 4.50. The molecule has 0 saturated carbocycles. The Balaban J connectivity index is 3.03. The van der Waals surface area contributed by atoms with Gasteiger partial charge < -0.3 is 5.11 Å². The number of hydrogen-bond donors (Lipinski definition) is 1. The van der Waals surface area contributed by atoms with Crippen molar-refractivity contribution in [3.8, 4) is 0 Å². The van der Waals surface area contributed by atoms with Crippen LogP contribution >= 0.6 is 0 Å². The van der Waals surface area contributed by atoms with Crippen LogP contribution in [-0.2, 0) is 14.6 Å². The maximum atomic E-state index is 11.8. The summed E-state index contributed by atoms with van der Waals surface area (Å²) in [6.45, 7) is 2.74. The molecule has 88 valence electrons. The van der Waals surface area contributed by atoms with Gasteiger partial charge in [0.25, 0.3) is 0 Å². The van der Waals surface area contributed by atoms with E-state index in [-0.39, 0.29) is 5.03 Å². The van der Waals surface area contributed by atoms with Gasteiger partial charge in [0, 0.05) is 6.20 Å². The summed E-state index contributed by atoms with van der Waals surface area (Å²) in [5, 5.41) is 8.77. The summed E-state index contributed by atoms with van der Waals surface area (Å²) < 4.78 is 23.7. The Morgan fingerprint density at radius 3 is 2.50 bits per heavy atom. The highest BCUT2D eigenvalue weighted by molar-refractivity contribution is 7.91. The zero-order valence-corrected chi connectivity index (χ0v) is 9.86. The third-order valence-electron chi connectivity index (χ3n) is 2.09. The Morgan fingerprint density at radius 1 is 1.44 bits per heavy atom. The number of nitrogens with zero attached hydrogens (tertiary/aromatic N) is 1. The molecule has 0 amide bonds. The molecule has 16 heavy (non-hydrogen) atoms. The van der Waals surface area contributed by atoms with Crippen molar-refractivity contribution in [1.82, 2.24) is 4.98 Å². The number of hydrogen-bond acceptors (Lipinski definition) is 4. The van der Waals surface area contributed by atoms with Crippen LogP contribution in [0.5, 0.6) is 0 Å². The van der Waals surface area contributed by atoms with Crippen LogP contribution in [0.25, 0.3) is 0 Å². The zero-order valence-electron chi connectivity index (χ0n) is 9.04. The van der Waals surface area contributed by atoms with Crippen LogP contribution in [0.15, 0.2) is 29.4 Å². The molecule has 1 aromatic rings. The molecule has 0 aliphatic rings. The normalized spacial score (nSPS) is 12.4. The molecule has 1 N–H and O–H groups in total. The first-order valence-corrected chi connectivity index (χ1v) is 6.28. The van der Waals surface area contributed by atoms with Crippen molar-refractivity contribution in [2.45, 2.75) is 18.9 Å². The lowest BCUT2D eigenvalue weighted by molar-refractivity contribution is -0.145. The quantitative estimate of drug-likeness (QED) is 0.851. The van der Waals surface area contributed by atoms with Crippen molar-refractivity contribution < 1.29 is 18.3 Å². The van der Waals surface area contributed by atoms with E-state index in [9.17, 15) is 13.2 Å². The van der Waals surface area contributed by atoms with Gasteiger partial charge in [-0.15, -0.1) is 0 Å². The molecule has 0 aliphatic heterocycles. The molecule has 0 saturated heterocycles. The van der Waals surface area contributed by atoms with Crippen LogP contribution in [0.2, 0.25) is 0 Å². The highest BCUT2D eigenvalue weighted by atomic mass is 32.2. The molecule has 0 unspecified atom stereocenters. The minimum atomic E-state index is -3.65. The van der Waals surface area contributed by atoms with E-state index < -0.39 is 27.0 Å². The van der Waals surface area contributed by atoms with Gasteiger partial charge in [0.2, 0.25) is 0 Å². The van der Waals surface area contributed by atoms with E-state index in [1.54, 1.807) is 12.1 Å². The van der Waals surface area contributed by atoms with Crippen LogP contribution in [0.1, 0.15) is 13.8 Å². The Hall–Kier alpha value is -1.43. The Bertz CT molecular complexity index is 479. The van der Waals surface area contributed by atoms with Crippen LogP contribution in [0.4, 0.5) is 0 Å². The predicted molar refractivity (Wildman–Crippen MR) is 57.7 cm³/mol. The molecular weight excluding hydrogens is 230 g/mol. The first-order chi connectivity index (χ1) is 7.26. The highest BCUT2D eigenvalue weighted by Gasteiger charge is 2.34. The van der Waals surface area contributed by atoms with E-state index in [4.69, 9.17) is 5.11 Å². The van der Waals surface area contributed by atoms with Crippen molar-refractivity contribution in [2.24, 2.45) is 5.41 Å².